The molecule has 0 aliphatic carbocycles. The Hall–Kier alpha value is -0.600. The molecule has 2 N–H and O–H groups in total. The van der Waals surface area contributed by atoms with Gasteiger partial charge in [0.1, 0.15) is 0 Å². The lowest BCUT2D eigenvalue weighted by Crippen LogP contribution is -2.42. The van der Waals surface area contributed by atoms with E-state index in [0.717, 1.165) is 5.56 Å². The summed E-state index contributed by atoms with van der Waals surface area (Å²) in [5.74, 6) is 1.14. The Morgan fingerprint density at radius 1 is 1.25 bits per heavy atom. The molecule has 1 aromatic rings. The standard InChI is InChI=1S/C13H19NO4S2/c1-10-2-4-13(5-3-10)20(16,17)14-11-6-18-7-12(15)9-19-8-11/h2-5,11-12,14-15H,6-9H2,1H3/t11-,12+/m1/s1. The van der Waals surface area contributed by atoms with E-state index < -0.39 is 16.1 Å². The predicted molar refractivity (Wildman–Crippen MR) is 79.4 cm³/mol. The molecule has 1 saturated heterocycles. The maximum Gasteiger partial charge on any atom is 0.240 e. The highest BCUT2D eigenvalue weighted by atomic mass is 32.2. The number of benzene rings is 1. The van der Waals surface area contributed by atoms with Crippen LogP contribution >= 0.6 is 11.8 Å². The molecule has 7 heteroatoms. The third-order valence-electron chi connectivity index (χ3n) is 2.91. The van der Waals surface area contributed by atoms with Gasteiger partial charge >= 0.3 is 0 Å². The average molecular weight is 317 g/mol. The van der Waals surface area contributed by atoms with Gasteiger partial charge in [0.2, 0.25) is 10.0 Å². The van der Waals surface area contributed by atoms with Crippen LogP contribution in [0.3, 0.4) is 0 Å². The van der Waals surface area contributed by atoms with Gasteiger partial charge in [0, 0.05) is 11.5 Å². The van der Waals surface area contributed by atoms with Crippen LogP contribution in [0.15, 0.2) is 29.2 Å². The van der Waals surface area contributed by atoms with Crippen molar-refractivity contribution in [3.05, 3.63) is 29.8 Å². The Morgan fingerprint density at radius 2 is 1.95 bits per heavy atom. The first-order chi connectivity index (χ1) is 9.47. The molecule has 0 saturated carbocycles. The Balaban J connectivity index is 2.02. The molecule has 0 bridgehead atoms. The van der Waals surface area contributed by atoms with Crippen molar-refractivity contribution in [2.75, 3.05) is 24.7 Å². The van der Waals surface area contributed by atoms with Crippen molar-refractivity contribution in [3.8, 4) is 0 Å². The van der Waals surface area contributed by atoms with E-state index in [-0.39, 0.29) is 24.2 Å². The topological polar surface area (TPSA) is 75.6 Å². The molecule has 1 fully saturated rings. The number of aryl methyl sites for hydroxylation is 1. The summed E-state index contributed by atoms with van der Waals surface area (Å²) < 4.78 is 32.5. The molecule has 2 atom stereocenters. The summed E-state index contributed by atoms with van der Waals surface area (Å²) in [6.07, 6.45) is -0.477. The molecular formula is C13H19NO4S2. The van der Waals surface area contributed by atoms with E-state index in [2.05, 4.69) is 4.72 Å². The Labute approximate surface area is 123 Å². The zero-order valence-electron chi connectivity index (χ0n) is 11.3. The summed E-state index contributed by atoms with van der Waals surface area (Å²) in [4.78, 5) is 0.259. The summed E-state index contributed by atoms with van der Waals surface area (Å²) in [5.41, 5.74) is 1.02. The highest BCUT2D eigenvalue weighted by Crippen LogP contribution is 2.14. The molecule has 0 aromatic heterocycles. The van der Waals surface area contributed by atoms with Crippen LogP contribution in [-0.4, -0.2) is 50.4 Å². The number of sulfonamides is 1. The summed E-state index contributed by atoms with van der Waals surface area (Å²) in [6.45, 7) is 2.43. The molecule has 0 amide bonds. The number of aliphatic hydroxyl groups is 1. The first kappa shape index (κ1) is 15.8. The third-order valence-corrected chi connectivity index (χ3v) is 5.71. The molecule has 0 unspecified atom stereocenters. The highest BCUT2D eigenvalue weighted by molar-refractivity contribution is 7.99. The van der Waals surface area contributed by atoms with Crippen LogP contribution in [0.2, 0.25) is 0 Å². The zero-order valence-corrected chi connectivity index (χ0v) is 12.9. The largest absolute Gasteiger partial charge is 0.390 e. The number of nitrogens with one attached hydrogen (secondary N) is 1. The van der Waals surface area contributed by atoms with Crippen molar-refractivity contribution in [2.45, 2.75) is 24.0 Å². The average Bonchev–Trinajstić information content (AvgIpc) is 2.36. The van der Waals surface area contributed by atoms with Crippen molar-refractivity contribution in [3.63, 3.8) is 0 Å². The van der Waals surface area contributed by atoms with Crippen molar-refractivity contribution in [1.29, 1.82) is 0 Å². The van der Waals surface area contributed by atoms with Crippen LogP contribution in [0.5, 0.6) is 0 Å². The molecule has 1 aliphatic heterocycles. The number of rotatable bonds is 3. The van der Waals surface area contributed by atoms with Crippen LogP contribution in [0, 0.1) is 6.92 Å². The van der Waals surface area contributed by atoms with Crippen LogP contribution in [0.1, 0.15) is 5.56 Å². The van der Waals surface area contributed by atoms with Gasteiger partial charge < -0.3 is 9.84 Å². The Morgan fingerprint density at radius 3 is 2.65 bits per heavy atom. The molecule has 1 heterocycles. The fraction of sp³-hybridized carbons (Fsp3) is 0.538. The lowest BCUT2D eigenvalue weighted by Gasteiger charge is -2.23. The Bertz CT molecular complexity index is 520. The second-order valence-electron chi connectivity index (χ2n) is 4.86. The smallest absolute Gasteiger partial charge is 0.240 e. The quantitative estimate of drug-likeness (QED) is 0.861. The minimum Gasteiger partial charge on any atom is -0.390 e. The molecule has 5 nitrogen and oxygen atoms in total. The lowest BCUT2D eigenvalue weighted by atomic mass is 10.2. The van der Waals surface area contributed by atoms with E-state index in [4.69, 9.17) is 4.74 Å². The predicted octanol–water partition coefficient (Wildman–Crippen LogP) is 0.766. The van der Waals surface area contributed by atoms with Gasteiger partial charge in [-0.3, -0.25) is 0 Å². The second-order valence-corrected chi connectivity index (χ2v) is 7.65. The van der Waals surface area contributed by atoms with Gasteiger partial charge in [0.05, 0.1) is 30.3 Å². The second kappa shape index (κ2) is 6.91. The highest BCUT2D eigenvalue weighted by Gasteiger charge is 2.22. The van der Waals surface area contributed by atoms with Gasteiger partial charge in [0.25, 0.3) is 0 Å². The fourth-order valence-electron chi connectivity index (χ4n) is 1.86. The van der Waals surface area contributed by atoms with Gasteiger partial charge in [-0.2, -0.15) is 11.8 Å². The van der Waals surface area contributed by atoms with Crippen LogP contribution in [0.25, 0.3) is 0 Å². The van der Waals surface area contributed by atoms with Crippen LogP contribution < -0.4 is 4.72 Å². The zero-order chi connectivity index (χ0) is 14.6. The Kier molecular flexibility index (Phi) is 5.45. The summed E-state index contributed by atoms with van der Waals surface area (Å²) in [6, 6.07) is 6.46. The maximum absolute atomic E-state index is 12.2. The number of thioether (sulfide) groups is 1. The minimum atomic E-state index is -3.52. The SMILES string of the molecule is Cc1ccc(S(=O)(=O)N[C@@H]2COC[C@H](O)CSC2)cc1. The first-order valence-electron chi connectivity index (χ1n) is 6.40. The summed E-state index contributed by atoms with van der Waals surface area (Å²) in [5, 5.41) is 9.45. The van der Waals surface area contributed by atoms with E-state index >= 15 is 0 Å². The minimum absolute atomic E-state index is 0.246. The van der Waals surface area contributed by atoms with E-state index in [0.29, 0.717) is 11.5 Å². The molecule has 0 radical (unpaired) electrons. The number of hydrogen-bond donors (Lipinski definition) is 2. The molecular weight excluding hydrogens is 298 g/mol. The van der Waals surface area contributed by atoms with Crippen molar-refractivity contribution >= 4 is 21.8 Å². The third kappa shape index (κ3) is 4.46. The van der Waals surface area contributed by atoms with E-state index in [1.165, 1.54) is 11.8 Å². The molecule has 1 aliphatic rings. The van der Waals surface area contributed by atoms with Gasteiger partial charge in [-0.05, 0) is 19.1 Å². The molecule has 112 valence electrons. The molecule has 20 heavy (non-hydrogen) atoms. The van der Waals surface area contributed by atoms with Gasteiger partial charge in [0.15, 0.2) is 0 Å². The number of ether oxygens (including phenoxy) is 1. The van der Waals surface area contributed by atoms with Crippen LogP contribution in [0.4, 0.5) is 0 Å². The van der Waals surface area contributed by atoms with Crippen molar-refractivity contribution in [2.24, 2.45) is 0 Å². The van der Waals surface area contributed by atoms with Crippen molar-refractivity contribution < 1.29 is 18.3 Å². The number of aliphatic hydroxyl groups excluding tert-OH is 1. The van der Waals surface area contributed by atoms with Gasteiger partial charge in [-0.25, -0.2) is 13.1 Å². The summed E-state index contributed by atoms with van der Waals surface area (Å²) in [7, 11) is -3.52. The maximum atomic E-state index is 12.2. The van der Waals surface area contributed by atoms with Gasteiger partial charge in [-0.1, -0.05) is 17.7 Å². The first-order valence-corrected chi connectivity index (χ1v) is 9.04. The fourth-order valence-corrected chi connectivity index (χ4v) is 4.16. The lowest BCUT2D eigenvalue weighted by molar-refractivity contribution is 0.0407. The van der Waals surface area contributed by atoms with Crippen molar-refractivity contribution in [1.82, 2.24) is 4.72 Å². The van der Waals surface area contributed by atoms with Gasteiger partial charge in [-0.15, -0.1) is 0 Å². The number of hydrogen-bond acceptors (Lipinski definition) is 5. The summed E-state index contributed by atoms with van der Waals surface area (Å²) >= 11 is 1.53. The monoisotopic (exact) mass is 317 g/mol. The molecule has 0 spiro atoms. The van der Waals surface area contributed by atoms with Crippen LogP contribution in [-0.2, 0) is 14.8 Å². The molecule has 2 rings (SSSR count). The van der Waals surface area contributed by atoms with E-state index in [1.807, 2.05) is 6.92 Å². The normalized spacial score (nSPS) is 24.9. The van der Waals surface area contributed by atoms with E-state index in [1.54, 1.807) is 24.3 Å². The van der Waals surface area contributed by atoms with E-state index in [9.17, 15) is 13.5 Å². The molecule has 1 aromatic carbocycles.